The molecule has 6 rings (SSSR count). The molecule has 1 aliphatic heterocycles. The fourth-order valence-electron chi connectivity index (χ4n) is 6.52. The van der Waals surface area contributed by atoms with Crippen molar-refractivity contribution in [1.82, 2.24) is 9.88 Å². The molecule has 3 unspecified atom stereocenters. The average Bonchev–Trinajstić information content (AvgIpc) is 3.77. The number of carboxylic acids is 1. The van der Waals surface area contributed by atoms with E-state index in [1.807, 2.05) is 97.9 Å². The molecule has 0 bridgehead atoms. The maximum Gasteiger partial charge on any atom is 0.318 e. The van der Waals surface area contributed by atoms with Crippen LogP contribution in [0.5, 0.6) is 11.5 Å². The number of para-hydroxylation sites is 2. The van der Waals surface area contributed by atoms with Crippen LogP contribution in [0.2, 0.25) is 0 Å². The number of carboxylic acid groups (broad SMARTS) is 1. The molecule has 1 N–H and O–H groups in total. The third-order valence-corrected chi connectivity index (χ3v) is 9.14. The zero-order valence-electron chi connectivity index (χ0n) is 30.1. The van der Waals surface area contributed by atoms with E-state index < -0.39 is 47.6 Å². The van der Waals surface area contributed by atoms with E-state index in [9.17, 15) is 24.3 Å². The minimum Gasteiger partial charge on any atom is -0.481 e. The Bertz CT molecular complexity index is 2150. The molecular formula is C42H42N2O9. The smallest absolute Gasteiger partial charge is 0.318 e. The molecule has 2 heterocycles. The number of allylic oxidation sites excluding steroid dienone is 1. The van der Waals surface area contributed by atoms with Gasteiger partial charge in [-0.05, 0) is 98.8 Å². The normalized spacial score (nSPS) is 14.3. The van der Waals surface area contributed by atoms with Crippen molar-refractivity contribution in [3.8, 4) is 11.5 Å². The highest BCUT2D eigenvalue weighted by Crippen LogP contribution is 2.38. The molecule has 1 amide bonds. The Labute approximate surface area is 307 Å². The van der Waals surface area contributed by atoms with Crippen molar-refractivity contribution in [3.63, 3.8) is 0 Å². The second-order valence-electron chi connectivity index (χ2n) is 14.1. The number of nitrogens with zero attached hydrogens (tertiary/aromatic N) is 2. The SMILES string of the molecule is CC(C(CCC=Cc1nc2ccccc2o1)c1ccc2c(c1)OCO2)N(Cc1ccc2ccccc2c1)C(=O)C(=O)C(CC(=O)O)C(=O)OC(C)(C)C. The van der Waals surface area contributed by atoms with Crippen LogP contribution in [0.1, 0.15) is 69.9 Å². The van der Waals surface area contributed by atoms with Crippen molar-refractivity contribution in [2.75, 3.05) is 6.79 Å². The molecule has 5 aromatic rings. The van der Waals surface area contributed by atoms with Gasteiger partial charge in [0.15, 0.2) is 17.1 Å². The molecule has 11 nitrogen and oxygen atoms in total. The number of esters is 1. The molecule has 4 aromatic carbocycles. The van der Waals surface area contributed by atoms with Gasteiger partial charge in [-0.2, -0.15) is 0 Å². The summed E-state index contributed by atoms with van der Waals surface area (Å²) in [6.07, 6.45) is 3.94. The van der Waals surface area contributed by atoms with Crippen molar-refractivity contribution < 1.29 is 42.9 Å². The van der Waals surface area contributed by atoms with Gasteiger partial charge in [0, 0.05) is 18.5 Å². The number of hydrogen-bond acceptors (Lipinski definition) is 9. The summed E-state index contributed by atoms with van der Waals surface area (Å²) in [5, 5.41) is 11.6. The second-order valence-corrected chi connectivity index (χ2v) is 14.1. The molecule has 274 valence electrons. The van der Waals surface area contributed by atoms with Crippen molar-refractivity contribution in [1.29, 1.82) is 0 Å². The van der Waals surface area contributed by atoms with E-state index in [0.29, 0.717) is 35.8 Å². The van der Waals surface area contributed by atoms with Gasteiger partial charge in [-0.3, -0.25) is 19.2 Å². The minimum atomic E-state index is -1.83. The Balaban J connectivity index is 1.35. The molecule has 0 saturated heterocycles. The zero-order chi connectivity index (χ0) is 37.7. The minimum absolute atomic E-state index is 0.0183. The molecule has 1 aromatic heterocycles. The van der Waals surface area contributed by atoms with Gasteiger partial charge < -0.3 is 28.6 Å². The number of aliphatic carboxylic acids is 1. The Morgan fingerprint density at radius 3 is 2.42 bits per heavy atom. The Kier molecular flexibility index (Phi) is 10.9. The van der Waals surface area contributed by atoms with Gasteiger partial charge in [0.25, 0.3) is 5.91 Å². The third-order valence-electron chi connectivity index (χ3n) is 9.14. The summed E-state index contributed by atoms with van der Waals surface area (Å²) in [5.41, 5.74) is 2.02. The lowest BCUT2D eigenvalue weighted by Gasteiger charge is -2.36. The lowest BCUT2D eigenvalue weighted by atomic mass is 9.86. The summed E-state index contributed by atoms with van der Waals surface area (Å²) in [6.45, 7) is 6.78. The lowest BCUT2D eigenvalue weighted by molar-refractivity contribution is -0.168. The van der Waals surface area contributed by atoms with E-state index in [0.717, 1.165) is 27.4 Å². The number of amides is 1. The number of carbonyl (C=O) groups is 4. The number of rotatable bonds is 14. The molecule has 0 saturated carbocycles. The largest absolute Gasteiger partial charge is 0.481 e. The summed E-state index contributed by atoms with van der Waals surface area (Å²) >= 11 is 0. The van der Waals surface area contributed by atoms with E-state index in [2.05, 4.69) is 4.98 Å². The summed E-state index contributed by atoms with van der Waals surface area (Å²) < 4.78 is 22.5. The van der Waals surface area contributed by atoms with Crippen LogP contribution in [-0.2, 0) is 30.5 Å². The summed E-state index contributed by atoms with van der Waals surface area (Å²) in [4.78, 5) is 59.6. The number of fused-ring (bicyclic) bond motifs is 3. The van der Waals surface area contributed by atoms with Crippen LogP contribution in [0.4, 0.5) is 0 Å². The quantitative estimate of drug-likeness (QED) is 0.0689. The number of ketones is 1. The topological polar surface area (TPSA) is 145 Å². The number of benzene rings is 4. The van der Waals surface area contributed by atoms with Gasteiger partial charge in [-0.25, -0.2) is 4.98 Å². The van der Waals surface area contributed by atoms with Crippen molar-refractivity contribution >= 4 is 51.6 Å². The van der Waals surface area contributed by atoms with E-state index in [-0.39, 0.29) is 19.3 Å². The molecule has 0 radical (unpaired) electrons. The van der Waals surface area contributed by atoms with Crippen LogP contribution in [0.15, 0.2) is 95.4 Å². The number of hydrogen-bond donors (Lipinski definition) is 1. The highest BCUT2D eigenvalue weighted by atomic mass is 16.7. The van der Waals surface area contributed by atoms with Gasteiger partial charge in [0.1, 0.15) is 17.0 Å². The first-order valence-corrected chi connectivity index (χ1v) is 17.5. The maximum atomic E-state index is 14.5. The Hall–Kier alpha value is -5.97. The summed E-state index contributed by atoms with van der Waals surface area (Å²) in [5.74, 6) is -5.13. The van der Waals surface area contributed by atoms with E-state index in [4.69, 9.17) is 18.6 Å². The van der Waals surface area contributed by atoms with Crippen LogP contribution in [0, 0.1) is 5.92 Å². The molecule has 11 heteroatoms. The van der Waals surface area contributed by atoms with Gasteiger partial charge in [0.05, 0.1) is 6.42 Å². The first kappa shape index (κ1) is 36.8. The Morgan fingerprint density at radius 2 is 1.66 bits per heavy atom. The molecule has 1 aliphatic rings. The Morgan fingerprint density at radius 1 is 0.925 bits per heavy atom. The number of ether oxygens (including phenoxy) is 3. The van der Waals surface area contributed by atoms with E-state index in [1.54, 1.807) is 26.8 Å². The lowest BCUT2D eigenvalue weighted by Crippen LogP contribution is -2.48. The van der Waals surface area contributed by atoms with Crippen LogP contribution < -0.4 is 9.47 Å². The first-order chi connectivity index (χ1) is 25.4. The summed E-state index contributed by atoms with van der Waals surface area (Å²) in [6, 6.07) is 26.1. The first-order valence-electron chi connectivity index (χ1n) is 17.5. The fourth-order valence-corrected chi connectivity index (χ4v) is 6.52. The predicted octanol–water partition coefficient (Wildman–Crippen LogP) is 7.71. The zero-order valence-corrected chi connectivity index (χ0v) is 30.1. The third kappa shape index (κ3) is 8.92. The molecule has 0 spiro atoms. The van der Waals surface area contributed by atoms with E-state index in [1.165, 1.54) is 4.90 Å². The monoisotopic (exact) mass is 718 g/mol. The average molecular weight is 719 g/mol. The number of aromatic nitrogens is 1. The van der Waals surface area contributed by atoms with Gasteiger partial charge in [-0.15, -0.1) is 0 Å². The highest BCUT2D eigenvalue weighted by Gasteiger charge is 2.41. The van der Waals surface area contributed by atoms with Crippen molar-refractivity contribution in [2.45, 2.75) is 71.1 Å². The van der Waals surface area contributed by atoms with Crippen LogP contribution in [-0.4, -0.2) is 57.1 Å². The van der Waals surface area contributed by atoms with Crippen molar-refractivity contribution in [3.05, 3.63) is 108 Å². The highest BCUT2D eigenvalue weighted by molar-refractivity contribution is 6.40. The van der Waals surface area contributed by atoms with Crippen LogP contribution in [0.3, 0.4) is 0 Å². The van der Waals surface area contributed by atoms with Gasteiger partial charge >= 0.3 is 11.9 Å². The van der Waals surface area contributed by atoms with E-state index >= 15 is 0 Å². The van der Waals surface area contributed by atoms with Crippen molar-refractivity contribution in [2.24, 2.45) is 5.92 Å². The molecular weight excluding hydrogens is 676 g/mol. The van der Waals surface area contributed by atoms with Gasteiger partial charge in [-0.1, -0.05) is 60.7 Å². The molecule has 0 fully saturated rings. The fraction of sp³-hybridized carbons (Fsp3) is 0.310. The standard InChI is InChI=1S/C42H42N2O9/c1-26(31(30-19-20-35-36(22-30)51-25-50-35)13-7-10-16-37-43-33-14-8-9-15-34(33)52-37)44(24-27-17-18-28-11-5-6-12-29(28)21-27)40(48)39(47)32(23-38(45)46)41(49)53-42(2,3)4/h5-6,8-12,14-22,26,31-32H,7,13,23-25H2,1-4H3,(H,45,46). The maximum absolute atomic E-state index is 14.5. The van der Waals surface area contributed by atoms with Crippen LogP contribution in [0.25, 0.3) is 27.9 Å². The molecule has 3 atom stereocenters. The predicted molar refractivity (Wildman–Crippen MR) is 198 cm³/mol. The molecule has 53 heavy (non-hydrogen) atoms. The number of oxazole rings is 1. The van der Waals surface area contributed by atoms with Crippen LogP contribution >= 0.6 is 0 Å². The molecule has 0 aliphatic carbocycles. The summed E-state index contributed by atoms with van der Waals surface area (Å²) in [7, 11) is 0. The number of Topliss-reactive ketones (excluding diaryl/α,β-unsaturated/α-hetero) is 1. The number of carbonyl (C=O) groups excluding carboxylic acids is 3. The second kappa shape index (κ2) is 15.7. The van der Waals surface area contributed by atoms with Gasteiger partial charge in [0.2, 0.25) is 18.5 Å².